The van der Waals surface area contributed by atoms with Gasteiger partial charge in [-0.1, -0.05) is 159 Å². The smallest absolute Gasteiger partial charge is 0.306 e. The van der Waals surface area contributed by atoms with E-state index in [4.69, 9.17) is 18.9 Å². The number of rotatable bonds is 40. The lowest BCUT2D eigenvalue weighted by atomic mass is 9.99. The minimum absolute atomic E-state index is 0.117. The molecule has 0 saturated carbocycles. The van der Waals surface area contributed by atoms with Crippen molar-refractivity contribution in [2.24, 2.45) is 0 Å². The Bertz CT molecular complexity index is 968. The number of carbonyl (C=O) groups excluding carboxylic acids is 1. The van der Waals surface area contributed by atoms with E-state index in [0.717, 1.165) is 51.4 Å². The van der Waals surface area contributed by atoms with Gasteiger partial charge in [0.2, 0.25) is 0 Å². The summed E-state index contributed by atoms with van der Waals surface area (Å²) in [4.78, 5) is 12.7. The summed E-state index contributed by atoms with van der Waals surface area (Å²) in [6.45, 7) is 4.51. The van der Waals surface area contributed by atoms with Gasteiger partial charge in [-0.05, 0) is 70.6 Å². The van der Waals surface area contributed by atoms with Crippen molar-refractivity contribution < 1.29 is 44.2 Å². The molecule has 1 aliphatic heterocycles. The zero-order valence-electron chi connectivity index (χ0n) is 36.6. The summed E-state index contributed by atoms with van der Waals surface area (Å²) in [6.07, 6.45) is 40.3. The second-order valence-electron chi connectivity index (χ2n) is 16.2. The minimum Gasteiger partial charge on any atom is -0.457 e. The molecule has 334 valence electrons. The Morgan fingerprint density at radius 2 is 1.02 bits per heavy atom. The molecule has 4 N–H and O–H groups in total. The van der Waals surface area contributed by atoms with Crippen LogP contribution in [0.5, 0.6) is 0 Å². The maximum Gasteiger partial charge on any atom is 0.306 e. The van der Waals surface area contributed by atoms with Crippen molar-refractivity contribution in [3.8, 4) is 0 Å². The summed E-state index contributed by atoms with van der Waals surface area (Å²) in [6, 6.07) is 0. The van der Waals surface area contributed by atoms with Gasteiger partial charge in [0, 0.05) is 13.0 Å². The average molecular weight is 809 g/mol. The van der Waals surface area contributed by atoms with Crippen LogP contribution in [0.3, 0.4) is 0 Å². The molecule has 0 aromatic heterocycles. The molecular formula is C48H88O9. The molecule has 0 aromatic rings. The minimum atomic E-state index is -1.54. The molecule has 0 aromatic carbocycles. The number of hydrogen-bond acceptors (Lipinski definition) is 9. The fraction of sp³-hybridized carbons (Fsp3) is 0.854. The molecule has 0 spiro atoms. The fourth-order valence-corrected chi connectivity index (χ4v) is 7.05. The van der Waals surface area contributed by atoms with Gasteiger partial charge in [-0.2, -0.15) is 0 Å². The SMILES string of the molecule is CCCCC/C=C\CCCCCCCC(=O)OC(COCCCCCCCCCCCC/C=C\C/C=C\CCCCCCC)COC1OC(CO)C(O)C(O)C1O. The molecular weight excluding hydrogens is 721 g/mol. The topological polar surface area (TPSA) is 135 Å². The molecule has 1 aliphatic rings. The number of allylic oxidation sites excluding steroid dienone is 6. The summed E-state index contributed by atoms with van der Waals surface area (Å²) < 4.78 is 22.8. The molecule has 1 saturated heterocycles. The normalized spacial score (nSPS) is 20.7. The van der Waals surface area contributed by atoms with Crippen LogP contribution in [-0.2, 0) is 23.7 Å². The van der Waals surface area contributed by atoms with Gasteiger partial charge in [0.25, 0.3) is 0 Å². The summed E-state index contributed by atoms with van der Waals surface area (Å²) in [5.41, 5.74) is 0. The first-order valence-corrected chi connectivity index (χ1v) is 23.6. The Hall–Kier alpha value is -1.59. The standard InChI is InChI=1S/C48H88O9/c1-3-5-7-9-11-13-15-17-18-19-20-21-22-23-24-25-26-28-30-32-34-36-38-54-40-42(41-55-48-47(53)46(52)45(51)43(39-49)57-48)56-44(50)37-35-33-31-29-27-16-14-12-10-8-6-4-2/h12,14-15,17,19-20,42-43,45-49,51-53H,3-11,13,16,18,21-41H2,1-2H3/b14-12-,17-15-,20-19-. The number of hydrogen-bond donors (Lipinski definition) is 4. The third-order valence-corrected chi connectivity index (χ3v) is 10.8. The van der Waals surface area contributed by atoms with E-state index in [1.54, 1.807) is 0 Å². The number of esters is 1. The van der Waals surface area contributed by atoms with Gasteiger partial charge < -0.3 is 39.4 Å². The molecule has 9 heteroatoms. The molecule has 0 amide bonds. The van der Waals surface area contributed by atoms with Crippen LogP contribution in [0.25, 0.3) is 0 Å². The molecule has 57 heavy (non-hydrogen) atoms. The highest BCUT2D eigenvalue weighted by atomic mass is 16.7. The van der Waals surface area contributed by atoms with Crippen LogP contribution >= 0.6 is 0 Å². The van der Waals surface area contributed by atoms with E-state index in [0.29, 0.717) is 13.0 Å². The molecule has 1 rings (SSSR count). The van der Waals surface area contributed by atoms with Crippen molar-refractivity contribution in [2.45, 2.75) is 237 Å². The zero-order chi connectivity index (χ0) is 41.4. The van der Waals surface area contributed by atoms with Crippen LogP contribution in [0.2, 0.25) is 0 Å². The van der Waals surface area contributed by atoms with E-state index in [1.807, 2.05) is 0 Å². The van der Waals surface area contributed by atoms with E-state index >= 15 is 0 Å². The second-order valence-corrected chi connectivity index (χ2v) is 16.2. The number of ether oxygens (including phenoxy) is 4. The summed E-state index contributed by atoms with van der Waals surface area (Å²) in [5, 5.41) is 40.1. The van der Waals surface area contributed by atoms with Gasteiger partial charge in [0.05, 0.1) is 19.8 Å². The zero-order valence-corrected chi connectivity index (χ0v) is 36.6. The molecule has 6 atom stereocenters. The largest absolute Gasteiger partial charge is 0.457 e. The van der Waals surface area contributed by atoms with Crippen LogP contribution in [0.4, 0.5) is 0 Å². The van der Waals surface area contributed by atoms with Crippen LogP contribution in [0.15, 0.2) is 36.5 Å². The van der Waals surface area contributed by atoms with Crippen molar-refractivity contribution in [3.63, 3.8) is 0 Å². The van der Waals surface area contributed by atoms with Crippen LogP contribution in [0.1, 0.15) is 200 Å². The van der Waals surface area contributed by atoms with Gasteiger partial charge in [0.1, 0.15) is 30.5 Å². The van der Waals surface area contributed by atoms with Crippen LogP contribution < -0.4 is 0 Å². The Kier molecular flexibility index (Phi) is 37.4. The van der Waals surface area contributed by atoms with Gasteiger partial charge in [0.15, 0.2) is 6.29 Å². The number of aliphatic hydroxyl groups is 4. The first-order chi connectivity index (χ1) is 27.9. The predicted octanol–water partition coefficient (Wildman–Crippen LogP) is 10.8. The van der Waals surface area contributed by atoms with Crippen molar-refractivity contribution in [2.75, 3.05) is 26.4 Å². The fourth-order valence-electron chi connectivity index (χ4n) is 7.05. The van der Waals surface area contributed by atoms with E-state index in [9.17, 15) is 25.2 Å². The van der Waals surface area contributed by atoms with Crippen molar-refractivity contribution in [1.82, 2.24) is 0 Å². The molecule has 9 nitrogen and oxygen atoms in total. The monoisotopic (exact) mass is 809 g/mol. The molecule has 1 heterocycles. The summed E-state index contributed by atoms with van der Waals surface area (Å²) in [7, 11) is 0. The van der Waals surface area contributed by atoms with E-state index in [-0.39, 0.29) is 19.2 Å². The van der Waals surface area contributed by atoms with Crippen LogP contribution in [0, 0.1) is 0 Å². The van der Waals surface area contributed by atoms with Crippen LogP contribution in [-0.4, -0.2) is 89.6 Å². The lowest BCUT2D eigenvalue weighted by Gasteiger charge is -2.39. The first-order valence-electron chi connectivity index (χ1n) is 23.6. The Labute approximate surface area is 349 Å². The molecule has 0 aliphatic carbocycles. The maximum absolute atomic E-state index is 12.7. The quantitative estimate of drug-likeness (QED) is 0.0271. The van der Waals surface area contributed by atoms with E-state index in [1.165, 1.54) is 128 Å². The van der Waals surface area contributed by atoms with Gasteiger partial charge in [-0.15, -0.1) is 0 Å². The molecule has 1 fully saturated rings. The average Bonchev–Trinajstić information content (AvgIpc) is 3.21. The Morgan fingerprint density at radius 1 is 0.561 bits per heavy atom. The summed E-state index contributed by atoms with van der Waals surface area (Å²) in [5.74, 6) is -0.324. The highest BCUT2D eigenvalue weighted by Gasteiger charge is 2.44. The molecule has 0 radical (unpaired) electrons. The lowest BCUT2D eigenvalue weighted by molar-refractivity contribution is -0.305. The third kappa shape index (κ3) is 31.0. The van der Waals surface area contributed by atoms with Gasteiger partial charge >= 0.3 is 5.97 Å². The number of carbonyl (C=O) groups is 1. The molecule has 6 unspecified atom stereocenters. The Morgan fingerprint density at radius 3 is 1.56 bits per heavy atom. The highest BCUT2D eigenvalue weighted by molar-refractivity contribution is 5.69. The Balaban J connectivity index is 2.21. The first kappa shape index (κ1) is 53.4. The third-order valence-electron chi connectivity index (χ3n) is 10.8. The lowest BCUT2D eigenvalue weighted by Crippen LogP contribution is -2.59. The maximum atomic E-state index is 12.7. The second kappa shape index (κ2) is 39.8. The number of aliphatic hydroxyl groups excluding tert-OH is 4. The number of unbranched alkanes of at least 4 members (excludes halogenated alkanes) is 23. The van der Waals surface area contributed by atoms with Gasteiger partial charge in [-0.25, -0.2) is 0 Å². The van der Waals surface area contributed by atoms with Crippen molar-refractivity contribution in [1.29, 1.82) is 0 Å². The predicted molar refractivity (Wildman–Crippen MR) is 233 cm³/mol. The summed E-state index contributed by atoms with van der Waals surface area (Å²) >= 11 is 0. The highest BCUT2D eigenvalue weighted by Crippen LogP contribution is 2.22. The van der Waals surface area contributed by atoms with Crippen molar-refractivity contribution >= 4 is 5.97 Å². The van der Waals surface area contributed by atoms with Crippen molar-refractivity contribution in [3.05, 3.63) is 36.5 Å². The molecule has 0 bridgehead atoms. The van der Waals surface area contributed by atoms with Gasteiger partial charge in [-0.3, -0.25) is 4.79 Å². The van der Waals surface area contributed by atoms with E-state index in [2.05, 4.69) is 50.3 Å². The van der Waals surface area contributed by atoms with E-state index < -0.39 is 43.4 Å².